The number of aryl methyl sites for hydroxylation is 1. The van der Waals surface area contributed by atoms with Crippen molar-refractivity contribution in [3.05, 3.63) is 41.1 Å². The molecule has 0 bridgehead atoms. The first-order chi connectivity index (χ1) is 10.0. The maximum Gasteiger partial charge on any atom is 0.416 e. The van der Waals surface area contributed by atoms with E-state index in [1.807, 2.05) is 0 Å². The van der Waals surface area contributed by atoms with Crippen molar-refractivity contribution in [2.24, 2.45) is 0 Å². The van der Waals surface area contributed by atoms with Crippen LogP contribution in [0.15, 0.2) is 24.4 Å². The fourth-order valence-corrected chi connectivity index (χ4v) is 2.68. The summed E-state index contributed by atoms with van der Waals surface area (Å²) in [4.78, 5) is 0. The lowest BCUT2D eigenvalue weighted by Crippen LogP contribution is -2.06. The number of alkyl halides is 3. The zero-order valence-corrected chi connectivity index (χ0v) is 11.4. The van der Waals surface area contributed by atoms with Crippen molar-refractivity contribution in [2.45, 2.75) is 25.4 Å². The van der Waals surface area contributed by atoms with Gasteiger partial charge in [-0.25, -0.2) is 0 Å². The van der Waals surface area contributed by atoms with Crippen LogP contribution in [-0.2, 0) is 19.0 Å². The Labute approximate surface area is 119 Å². The van der Waals surface area contributed by atoms with Gasteiger partial charge in [-0.2, -0.15) is 23.4 Å². The van der Waals surface area contributed by atoms with Crippen molar-refractivity contribution in [3.63, 3.8) is 0 Å². The molecule has 3 nitrogen and oxygen atoms in total. The molecule has 3 rings (SSSR count). The van der Waals surface area contributed by atoms with Gasteiger partial charge in [0.1, 0.15) is 11.4 Å². The van der Waals surface area contributed by atoms with Gasteiger partial charge in [-0.3, -0.25) is 0 Å². The van der Waals surface area contributed by atoms with Crippen LogP contribution in [0, 0.1) is 0 Å². The van der Waals surface area contributed by atoms with Gasteiger partial charge >= 0.3 is 6.18 Å². The average molecular weight is 294 g/mol. The van der Waals surface area contributed by atoms with Crippen LogP contribution >= 0.6 is 0 Å². The van der Waals surface area contributed by atoms with Gasteiger partial charge in [-0.15, -0.1) is 0 Å². The molecule has 1 aliphatic carbocycles. The number of hydrogen-bond acceptors (Lipinski definition) is 3. The molecule has 0 saturated heterocycles. The van der Waals surface area contributed by atoms with E-state index in [9.17, 15) is 13.2 Å². The Kier molecular flexibility index (Phi) is 3.31. The molecule has 0 amide bonds. The van der Waals surface area contributed by atoms with E-state index in [2.05, 4.69) is 10.2 Å². The molecule has 0 aliphatic heterocycles. The summed E-state index contributed by atoms with van der Waals surface area (Å²) in [5, 5.41) is 8.06. The van der Waals surface area contributed by atoms with Gasteiger partial charge in [-0.1, -0.05) is 0 Å². The minimum atomic E-state index is -4.39. The van der Waals surface area contributed by atoms with Crippen LogP contribution in [0.1, 0.15) is 23.1 Å². The maximum absolute atomic E-state index is 12.8. The lowest BCUT2D eigenvalue weighted by atomic mass is 10.0. The first-order valence-electron chi connectivity index (χ1n) is 6.59. The van der Waals surface area contributed by atoms with Gasteiger partial charge in [0.2, 0.25) is 0 Å². The third kappa shape index (κ3) is 2.46. The summed E-state index contributed by atoms with van der Waals surface area (Å²) < 4.78 is 43.5. The Hall–Kier alpha value is -2.11. The molecule has 0 spiro atoms. The van der Waals surface area contributed by atoms with E-state index in [1.54, 1.807) is 6.20 Å². The molecule has 0 atom stereocenters. The van der Waals surface area contributed by atoms with Crippen LogP contribution in [0.5, 0.6) is 5.75 Å². The largest absolute Gasteiger partial charge is 0.496 e. The molecule has 2 aromatic rings. The normalized spacial score (nSPS) is 14.1. The van der Waals surface area contributed by atoms with Crippen molar-refractivity contribution in [3.8, 4) is 17.0 Å². The third-order valence-electron chi connectivity index (χ3n) is 3.70. The number of rotatable bonds is 2. The predicted octanol–water partition coefficient (Wildman–Crippen LogP) is 3.66. The lowest BCUT2D eigenvalue weighted by Gasteiger charge is -2.13. The van der Waals surface area contributed by atoms with E-state index in [1.165, 1.54) is 13.2 Å². The van der Waals surface area contributed by atoms with E-state index in [0.29, 0.717) is 11.3 Å². The lowest BCUT2D eigenvalue weighted by molar-refractivity contribution is -0.137. The minimum absolute atomic E-state index is 0.166. The van der Waals surface area contributed by atoms with Gasteiger partial charge in [-0.05, 0) is 48.6 Å². The summed E-state index contributed by atoms with van der Waals surface area (Å²) in [7, 11) is 1.36. The standard InChI is InChI=1S/C15H13F3N2O/c1-21-13-7-10(15(16,17)18)5-6-12(13)14-11-4-2-3-9(11)8-19-20-14/h5-8H,2-4H2,1H3. The van der Waals surface area contributed by atoms with Crippen molar-refractivity contribution < 1.29 is 17.9 Å². The first-order valence-corrected chi connectivity index (χ1v) is 6.59. The molecule has 1 aromatic carbocycles. The second-order valence-electron chi connectivity index (χ2n) is 4.96. The van der Waals surface area contributed by atoms with E-state index in [4.69, 9.17) is 4.74 Å². The second kappa shape index (κ2) is 5.02. The topological polar surface area (TPSA) is 35.0 Å². The van der Waals surface area contributed by atoms with Gasteiger partial charge in [0.05, 0.1) is 18.9 Å². The highest BCUT2D eigenvalue weighted by Crippen LogP contribution is 2.39. The predicted molar refractivity (Wildman–Crippen MR) is 71.0 cm³/mol. The number of fused-ring (bicyclic) bond motifs is 1. The fourth-order valence-electron chi connectivity index (χ4n) is 2.68. The molecule has 0 N–H and O–H groups in total. The maximum atomic E-state index is 12.8. The molecular weight excluding hydrogens is 281 g/mol. The van der Waals surface area contributed by atoms with E-state index in [-0.39, 0.29) is 5.75 Å². The summed E-state index contributed by atoms with van der Waals surface area (Å²) in [6.45, 7) is 0. The molecule has 0 fully saturated rings. The highest BCUT2D eigenvalue weighted by atomic mass is 19.4. The smallest absolute Gasteiger partial charge is 0.416 e. The highest BCUT2D eigenvalue weighted by molar-refractivity contribution is 5.71. The van der Waals surface area contributed by atoms with Crippen LogP contribution in [0.3, 0.4) is 0 Å². The minimum Gasteiger partial charge on any atom is -0.496 e. The molecule has 0 radical (unpaired) electrons. The molecule has 1 aliphatic rings. The Morgan fingerprint density at radius 2 is 2.00 bits per heavy atom. The summed E-state index contributed by atoms with van der Waals surface area (Å²) >= 11 is 0. The number of nitrogens with zero attached hydrogens (tertiary/aromatic N) is 2. The van der Waals surface area contributed by atoms with Gasteiger partial charge < -0.3 is 4.74 Å². The average Bonchev–Trinajstić information content (AvgIpc) is 2.94. The van der Waals surface area contributed by atoms with E-state index in [0.717, 1.165) is 42.5 Å². The SMILES string of the molecule is COc1cc(C(F)(F)F)ccc1-c1nncc2c1CCC2. The van der Waals surface area contributed by atoms with Crippen molar-refractivity contribution >= 4 is 0 Å². The number of ether oxygens (including phenoxy) is 1. The zero-order valence-electron chi connectivity index (χ0n) is 11.4. The molecule has 0 saturated carbocycles. The molecule has 6 heteroatoms. The van der Waals surface area contributed by atoms with Crippen molar-refractivity contribution in [1.29, 1.82) is 0 Å². The molecule has 21 heavy (non-hydrogen) atoms. The third-order valence-corrected chi connectivity index (χ3v) is 3.70. The van der Waals surface area contributed by atoms with Crippen molar-refractivity contribution in [2.75, 3.05) is 7.11 Å². The number of hydrogen-bond donors (Lipinski definition) is 0. The van der Waals surface area contributed by atoms with E-state index < -0.39 is 11.7 Å². The molecular formula is C15H13F3N2O. The Morgan fingerprint density at radius 1 is 1.19 bits per heavy atom. The molecule has 110 valence electrons. The van der Waals surface area contributed by atoms with Crippen LogP contribution in [-0.4, -0.2) is 17.3 Å². The number of benzene rings is 1. The Bertz CT molecular complexity index is 683. The first kappa shape index (κ1) is 13.9. The Balaban J connectivity index is 2.13. The van der Waals surface area contributed by atoms with Crippen LogP contribution in [0.25, 0.3) is 11.3 Å². The number of methoxy groups -OCH3 is 1. The fraction of sp³-hybridized carbons (Fsp3) is 0.333. The zero-order chi connectivity index (χ0) is 15.0. The summed E-state index contributed by atoms with van der Waals surface area (Å²) in [5.41, 5.74) is 2.61. The molecule has 1 heterocycles. The van der Waals surface area contributed by atoms with E-state index >= 15 is 0 Å². The van der Waals surface area contributed by atoms with Crippen LogP contribution < -0.4 is 4.74 Å². The molecule has 1 aromatic heterocycles. The van der Waals surface area contributed by atoms with Gasteiger partial charge in [0.15, 0.2) is 0 Å². The highest BCUT2D eigenvalue weighted by Gasteiger charge is 2.32. The summed E-state index contributed by atoms with van der Waals surface area (Å²) in [5.74, 6) is 0.166. The second-order valence-corrected chi connectivity index (χ2v) is 4.96. The van der Waals surface area contributed by atoms with Crippen LogP contribution in [0.2, 0.25) is 0 Å². The van der Waals surface area contributed by atoms with Crippen LogP contribution in [0.4, 0.5) is 13.2 Å². The Morgan fingerprint density at radius 3 is 2.71 bits per heavy atom. The number of halogens is 3. The quantitative estimate of drug-likeness (QED) is 0.848. The monoisotopic (exact) mass is 294 g/mol. The van der Waals surface area contributed by atoms with Gasteiger partial charge in [0.25, 0.3) is 0 Å². The summed E-state index contributed by atoms with van der Waals surface area (Å²) in [6.07, 6.45) is 0.141. The summed E-state index contributed by atoms with van der Waals surface area (Å²) in [6, 6.07) is 3.46. The van der Waals surface area contributed by atoms with Gasteiger partial charge in [0, 0.05) is 5.56 Å². The van der Waals surface area contributed by atoms with Crippen molar-refractivity contribution in [1.82, 2.24) is 10.2 Å². The molecule has 0 unspecified atom stereocenters. The number of aromatic nitrogens is 2.